The number of rotatable bonds is 6. The minimum absolute atomic E-state index is 0.0908. The van der Waals surface area contributed by atoms with E-state index in [0.29, 0.717) is 0 Å². The number of carboxylic acid groups (broad SMARTS) is 1. The molecule has 20 heavy (non-hydrogen) atoms. The van der Waals surface area contributed by atoms with Crippen LogP contribution in [0.4, 0.5) is 5.69 Å². The van der Waals surface area contributed by atoms with E-state index in [1.165, 1.54) is 18.2 Å². The number of hydrogen-bond donors (Lipinski definition) is 4. The Kier molecular flexibility index (Phi) is 5.33. The number of amides is 2. The molecule has 7 nitrogen and oxygen atoms in total. The molecule has 0 fully saturated rings. The van der Waals surface area contributed by atoms with E-state index in [9.17, 15) is 14.4 Å². The molecule has 1 rings (SSSR count). The normalized spacial score (nSPS) is 11.7. The van der Waals surface area contributed by atoms with Crippen molar-refractivity contribution >= 4 is 35.1 Å². The lowest BCUT2D eigenvalue weighted by Gasteiger charge is -2.14. The second kappa shape index (κ2) is 6.76. The molecule has 2 amide bonds. The van der Waals surface area contributed by atoms with Gasteiger partial charge in [0.1, 0.15) is 6.04 Å². The van der Waals surface area contributed by atoms with Crippen LogP contribution in [0.25, 0.3) is 0 Å². The Labute approximate surface area is 119 Å². The molecule has 8 heteroatoms. The number of primary amides is 1. The van der Waals surface area contributed by atoms with Gasteiger partial charge in [0.05, 0.1) is 0 Å². The Balaban J connectivity index is 2.79. The first kappa shape index (κ1) is 15.8. The van der Waals surface area contributed by atoms with E-state index in [-0.39, 0.29) is 29.1 Å². The van der Waals surface area contributed by atoms with Crippen LogP contribution in [0.2, 0.25) is 5.02 Å². The summed E-state index contributed by atoms with van der Waals surface area (Å²) in [5.74, 6) is -2.54. The predicted octanol–water partition coefficient (Wildman–Crippen LogP) is 0.371. The van der Waals surface area contributed by atoms with Crippen molar-refractivity contribution in [3.05, 3.63) is 28.8 Å². The number of halogens is 1. The van der Waals surface area contributed by atoms with Gasteiger partial charge in [-0.05, 0) is 24.6 Å². The average molecular weight is 300 g/mol. The molecule has 0 heterocycles. The summed E-state index contributed by atoms with van der Waals surface area (Å²) in [5.41, 5.74) is 10.9. The van der Waals surface area contributed by atoms with Gasteiger partial charge in [-0.1, -0.05) is 11.6 Å². The van der Waals surface area contributed by atoms with Gasteiger partial charge >= 0.3 is 5.97 Å². The average Bonchev–Trinajstić information content (AvgIpc) is 2.32. The number of carbonyl (C=O) groups excluding carboxylic acids is 2. The topological polar surface area (TPSA) is 136 Å². The lowest BCUT2D eigenvalue weighted by molar-refractivity contribution is -0.139. The van der Waals surface area contributed by atoms with Crippen LogP contribution in [0, 0.1) is 0 Å². The second-order valence-electron chi connectivity index (χ2n) is 4.14. The quantitative estimate of drug-likeness (QED) is 0.563. The van der Waals surface area contributed by atoms with E-state index in [4.69, 9.17) is 28.2 Å². The van der Waals surface area contributed by atoms with Gasteiger partial charge in [-0.2, -0.15) is 0 Å². The molecule has 0 unspecified atom stereocenters. The first-order valence-electron chi connectivity index (χ1n) is 5.67. The van der Waals surface area contributed by atoms with E-state index in [1.807, 2.05) is 0 Å². The predicted molar refractivity (Wildman–Crippen MR) is 73.2 cm³/mol. The lowest BCUT2D eigenvalue weighted by atomic mass is 10.1. The van der Waals surface area contributed by atoms with Crippen molar-refractivity contribution in [2.24, 2.45) is 5.73 Å². The highest BCUT2D eigenvalue weighted by Crippen LogP contribution is 2.16. The highest BCUT2D eigenvalue weighted by molar-refractivity contribution is 6.31. The Morgan fingerprint density at radius 1 is 1.30 bits per heavy atom. The van der Waals surface area contributed by atoms with Gasteiger partial charge in [-0.15, -0.1) is 0 Å². The van der Waals surface area contributed by atoms with Crippen molar-refractivity contribution in [3.63, 3.8) is 0 Å². The molecule has 0 saturated heterocycles. The van der Waals surface area contributed by atoms with Crippen LogP contribution >= 0.6 is 11.6 Å². The highest BCUT2D eigenvalue weighted by Gasteiger charge is 2.21. The molecule has 0 radical (unpaired) electrons. The molecule has 1 aromatic rings. The van der Waals surface area contributed by atoms with E-state index in [1.54, 1.807) is 0 Å². The smallest absolute Gasteiger partial charge is 0.326 e. The zero-order chi connectivity index (χ0) is 15.3. The van der Waals surface area contributed by atoms with Crippen LogP contribution in [0.5, 0.6) is 0 Å². The number of hydrogen-bond acceptors (Lipinski definition) is 4. The number of carboxylic acids is 1. The first-order valence-corrected chi connectivity index (χ1v) is 6.05. The third kappa shape index (κ3) is 4.77. The molecule has 0 aliphatic carbocycles. The van der Waals surface area contributed by atoms with Gasteiger partial charge in [-0.3, -0.25) is 9.59 Å². The first-order chi connectivity index (χ1) is 9.29. The minimum atomic E-state index is -1.25. The molecule has 0 aromatic heterocycles. The number of nitrogens with two attached hydrogens (primary N) is 2. The Morgan fingerprint density at radius 3 is 2.45 bits per heavy atom. The molecule has 0 aliphatic heterocycles. The zero-order valence-corrected chi connectivity index (χ0v) is 11.2. The number of nitrogen functional groups attached to an aromatic ring is 1. The number of carbonyl (C=O) groups is 3. The van der Waals surface area contributed by atoms with Crippen LogP contribution in [0.3, 0.4) is 0 Å². The second-order valence-corrected chi connectivity index (χ2v) is 4.58. The van der Waals surface area contributed by atoms with Gasteiger partial charge in [0.25, 0.3) is 5.91 Å². The number of benzene rings is 1. The molecular formula is C12H14ClN3O4. The molecule has 1 aromatic carbocycles. The zero-order valence-electron chi connectivity index (χ0n) is 10.4. The maximum absolute atomic E-state index is 11.9. The third-order valence-corrected chi connectivity index (χ3v) is 2.68. The summed E-state index contributed by atoms with van der Waals surface area (Å²) in [5, 5.41) is 11.5. The summed E-state index contributed by atoms with van der Waals surface area (Å²) in [6, 6.07) is 2.98. The Hall–Kier alpha value is -2.28. The van der Waals surface area contributed by atoms with Crippen LogP contribution in [0.1, 0.15) is 23.2 Å². The molecule has 1 atom stereocenters. The number of nitrogens with one attached hydrogen (secondary N) is 1. The van der Waals surface area contributed by atoms with Crippen LogP contribution in [0.15, 0.2) is 18.2 Å². The van der Waals surface area contributed by atoms with Gasteiger partial charge in [0.2, 0.25) is 5.91 Å². The third-order valence-electron chi connectivity index (χ3n) is 2.47. The maximum Gasteiger partial charge on any atom is 0.326 e. The van der Waals surface area contributed by atoms with Gasteiger partial charge < -0.3 is 21.9 Å². The van der Waals surface area contributed by atoms with E-state index in [0.717, 1.165) is 0 Å². The summed E-state index contributed by atoms with van der Waals surface area (Å²) in [6.07, 6.45) is -0.235. The fraction of sp³-hybridized carbons (Fsp3) is 0.250. The minimum Gasteiger partial charge on any atom is -0.480 e. The van der Waals surface area contributed by atoms with Crippen molar-refractivity contribution < 1.29 is 19.5 Å². The Bertz CT molecular complexity index is 527. The number of anilines is 1. The number of aliphatic carboxylic acids is 1. The van der Waals surface area contributed by atoms with E-state index >= 15 is 0 Å². The van der Waals surface area contributed by atoms with Crippen molar-refractivity contribution in [2.45, 2.75) is 18.9 Å². The standard InChI is InChI=1S/C12H14ClN3O4/c13-7-3-6(4-8(14)5-7)11(18)16-9(12(19)20)1-2-10(15)17/h3-5,9H,1-2,14H2,(H2,15,17)(H,16,18)(H,19,20)/t9-/m0/s1. The summed E-state index contributed by atoms with van der Waals surface area (Å²) in [6.45, 7) is 0. The van der Waals surface area contributed by atoms with Crippen molar-refractivity contribution in [3.8, 4) is 0 Å². The fourth-order valence-electron chi connectivity index (χ4n) is 1.53. The molecule has 6 N–H and O–H groups in total. The Morgan fingerprint density at radius 2 is 1.95 bits per heavy atom. The summed E-state index contributed by atoms with van der Waals surface area (Å²) in [4.78, 5) is 33.6. The maximum atomic E-state index is 11.9. The SMILES string of the molecule is NC(=O)CC[C@H](NC(=O)c1cc(N)cc(Cl)c1)C(=O)O. The fourth-order valence-corrected chi connectivity index (χ4v) is 1.77. The van der Waals surface area contributed by atoms with E-state index < -0.39 is 23.8 Å². The summed E-state index contributed by atoms with van der Waals surface area (Å²) < 4.78 is 0. The van der Waals surface area contributed by atoms with Crippen LogP contribution in [-0.2, 0) is 9.59 Å². The van der Waals surface area contributed by atoms with Gasteiger partial charge in [0, 0.05) is 22.7 Å². The lowest BCUT2D eigenvalue weighted by Crippen LogP contribution is -2.41. The largest absolute Gasteiger partial charge is 0.480 e. The van der Waals surface area contributed by atoms with Crippen LogP contribution < -0.4 is 16.8 Å². The summed E-state index contributed by atoms with van der Waals surface area (Å²) >= 11 is 5.76. The molecule has 0 aliphatic rings. The molecule has 0 bridgehead atoms. The van der Waals surface area contributed by atoms with Gasteiger partial charge in [-0.25, -0.2) is 4.79 Å². The molecular weight excluding hydrogens is 286 g/mol. The van der Waals surface area contributed by atoms with Crippen LogP contribution in [-0.4, -0.2) is 28.9 Å². The van der Waals surface area contributed by atoms with Crippen molar-refractivity contribution in [2.75, 3.05) is 5.73 Å². The van der Waals surface area contributed by atoms with E-state index in [2.05, 4.69) is 5.32 Å². The molecule has 0 spiro atoms. The highest BCUT2D eigenvalue weighted by atomic mass is 35.5. The molecule has 108 valence electrons. The van der Waals surface area contributed by atoms with Gasteiger partial charge in [0.15, 0.2) is 0 Å². The monoisotopic (exact) mass is 299 g/mol. The van der Waals surface area contributed by atoms with Crippen molar-refractivity contribution in [1.82, 2.24) is 5.32 Å². The van der Waals surface area contributed by atoms with Crippen molar-refractivity contribution in [1.29, 1.82) is 0 Å². The summed E-state index contributed by atoms with van der Waals surface area (Å²) in [7, 11) is 0. The molecule has 0 saturated carbocycles.